The molecule has 1 aromatic carbocycles. The van der Waals surface area contributed by atoms with E-state index in [2.05, 4.69) is 11.1 Å². The van der Waals surface area contributed by atoms with Crippen molar-refractivity contribution in [2.45, 2.75) is 24.0 Å². The second-order valence-electron chi connectivity index (χ2n) is 3.44. The van der Waals surface area contributed by atoms with E-state index < -0.39 is 0 Å². The van der Waals surface area contributed by atoms with Crippen LogP contribution in [0.3, 0.4) is 0 Å². The molecule has 0 atom stereocenters. The van der Waals surface area contributed by atoms with Gasteiger partial charge in [0.15, 0.2) is 0 Å². The fourth-order valence-electron chi connectivity index (χ4n) is 1.32. The number of nitrogens with two attached hydrogens (primary N) is 1. The van der Waals surface area contributed by atoms with Crippen molar-refractivity contribution in [2.24, 2.45) is 0 Å². The molecule has 0 aliphatic carbocycles. The summed E-state index contributed by atoms with van der Waals surface area (Å²) >= 11 is 1.48. The molecule has 2 aromatic rings. The van der Waals surface area contributed by atoms with Crippen LogP contribution in [-0.2, 0) is 0 Å². The van der Waals surface area contributed by atoms with Crippen LogP contribution in [0.25, 0.3) is 0 Å². The average Bonchev–Trinajstić information content (AvgIpc) is 2.49. The number of benzene rings is 1. The van der Waals surface area contributed by atoms with Gasteiger partial charge < -0.3 is 10.2 Å². The van der Waals surface area contributed by atoms with Crippen LogP contribution in [0.4, 0.5) is 5.69 Å². The van der Waals surface area contributed by atoms with Crippen molar-refractivity contribution in [1.29, 1.82) is 0 Å². The largest absolute Gasteiger partial charge is 0.439 e. The molecule has 0 bridgehead atoms. The summed E-state index contributed by atoms with van der Waals surface area (Å²) in [5, 5.41) is 0.650. The summed E-state index contributed by atoms with van der Waals surface area (Å²) in [6.07, 6.45) is 1.64. The quantitative estimate of drug-likeness (QED) is 0.790. The van der Waals surface area contributed by atoms with Gasteiger partial charge in [0, 0.05) is 10.6 Å². The number of oxazole rings is 1. The van der Waals surface area contributed by atoms with Crippen molar-refractivity contribution in [2.75, 3.05) is 5.73 Å². The lowest BCUT2D eigenvalue weighted by Crippen LogP contribution is -1.86. The van der Waals surface area contributed by atoms with Crippen molar-refractivity contribution in [3.05, 3.63) is 35.7 Å². The molecule has 0 fully saturated rings. The third-order valence-corrected chi connectivity index (χ3v) is 2.71. The zero-order valence-electron chi connectivity index (χ0n) is 8.65. The van der Waals surface area contributed by atoms with Gasteiger partial charge in [-0.05, 0) is 49.4 Å². The van der Waals surface area contributed by atoms with E-state index in [0.29, 0.717) is 5.22 Å². The van der Waals surface area contributed by atoms with Crippen molar-refractivity contribution >= 4 is 17.4 Å². The van der Waals surface area contributed by atoms with Gasteiger partial charge in [-0.25, -0.2) is 4.98 Å². The molecule has 4 heteroatoms. The third kappa shape index (κ3) is 2.53. The van der Waals surface area contributed by atoms with Crippen LogP contribution in [0.1, 0.15) is 11.3 Å². The van der Waals surface area contributed by atoms with Gasteiger partial charge in [0.1, 0.15) is 6.26 Å². The van der Waals surface area contributed by atoms with Gasteiger partial charge in [-0.3, -0.25) is 0 Å². The Kier molecular flexibility index (Phi) is 2.68. The molecule has 0 saturated carbocycles. The molecule has 78 valence electrons. The van der Waals surface area contributed by atoms with Gasteiger partial charge in [-0.15, -0.1) is 0 Å². The van der Waals surface area contributed by atoms with E-state index in [4.69, 9.17) is 10.2 Å². The maximum atomic E-state index is 5.75. The summed E-state index contributed by atoms with van der Waals surface area (Å²) in [5.41, 5.74) is 8.55. The summed E-state index contributed by atoms with van der Waals surface area (Å²) in [6, 6.07) is 5.91. The van der Waals surface area contributed by atoms with Crippen LogP contribution >= 0.6 is 11.8 Å². The van der Waals surface area contributed by atoms with E-state index in [0.717, 1.165) is 21.8 Å². The fraction of sp³-hybridized carbons (Fsp3) is 0.182. The van der Waals surface area contributed by atoms with Gasteiger partial charge in [0.25, 0.3) is 5.22 Å². The molecule has 2 rings (SSSR count). The lowest BCUT2D eigenvalue weighted by molar-refractivity contribution is 0.454. The number of rotatable bonds is 2. The zero-order chi connectivity index (χ0) is 10.8. The number of anilines is 1. The molecular weight excluding hydrogens is 208 g/mol. The van der Waals surface area contributed by atoms with Gasteiger partial charge in [-0.2, -0.15) is 0 Å². The lowest BCUT2D eigenvalue weighted by atomic mass is 10.2. The topological polar surface area (TPSA) is 52.0 Å². The van der Waals surface area contributed by atoms with E-state index in [1.165, 1.54) is 11.8 Å². The first kappa shape index (κ1) is 10.1. The normalized spacial score (nSPS) is 10.5. The van der Waals surface area contributed by atoms with E-state index in [-0.39, 0.29) is 0 Å². The SMILES string of the molecule is Cc1cc(N)cc(Sc2nc(C)co2)c1. The molecule has 1 aromatic heterocycles. The van der Waals surface area contributed by atoms with Crippen LogP contribution < -0.4 is 5.73 Å². The molecule has 0 unspecified atom stereocenters. The van der Waals surface area contributed by atoms with E-state index in [1.807, 2.05) is 26.0 Å². The summed E-state index contributed by atoms with van der Waals surface area (Å²) in [6.45, 7) is 3.92. The van der Waals surface area contributed by atoms with Gasteiger partial charge >= 0.3 is 0 Å². The number of nitrogen functional groups attached to an aromatic ring is 1. The van der Waals surface area contributed by atoms with Crippen LogP contribution in [-0.4, -0.2) is 4.98 Å². The predicted octanol–water partition coefficient (Wildman–Crippen LogP) is 3.02. The first-order valence-corrected chi connectivity index (χ1v) is 5.42. The van der Waals surface area contributed by atoms with Crippen molar-refractivity contribution in [1.82, 2.24) is 4.98 Å². The van der Waals surface area contributed by atoms with Crippen molar-refractivity contribution in [3.63, 3.8) is 0 Å². The Morgan fingerprint density at radius 2 is 2.07 bits per heavy atom. The van der Waals surface area contributed by atoms with Gasteiger partial charge in [0.2, 0.25) is 0 Å². The third-order valence-electron chi connectivity index (χ3n) is 1.88. The van der Waals surface area contributed by atoms with E-state index in [9.17, 15) is 0 Å². The minimum absolute atomic E-state index is 0.650. The molecule has 3 nitrogen and oxygen atoms in total. The molecule has 0 amide bonds. The van der Waals surface area contributed by atoms with Crippen LogP contribution in [0, 0.1) is 13.8 Å². The number of aryl methyl sites for hydroxylation is 2. The van der Waals surface area contributed by atoms with Crippen LogP contribution in [0.2, 0.25) is 0 Å². The standard InChI is InChI=1S/C11H12N2OS/c1-7-3-9(12)5-10(4-7)15-11-13-8(2)6-14-11/h3-6H,12H2,1-2H3. The minimum atomic E-state index is 0.650. The lowest BCUT2D eigenvalue weighted by Gasteiger charge is -2.01. The summed E-state index contributed by atoms with van der Waals surface area (Å²) in [7, 11) is 0. The van der Waals surface area contributed by atoms with Crippen molar-refractivity contribution in [3.8, 4) is 0 Å². The highest BCUT2D eigenvalue weighted by molar-refractivity contribution is 7.99. The number of hydrogen-bond acceptors (Lipinski definition) is 4. The molecule has 0 radical (unpaired) electrons. The first-order chi connectivity index (χ1) is 7.13. The van der Waals surface area contributed by atoms with Gasteiger partial charge in [0.05, 0.1) is 5.69 Å². The highest BCUT2D eigenvalue weighted by Crippen LogP contribution is 2.29. The van der Waals surface area contributed by atoms with E-state index >= 15 is 0 Å². The van der Waals surface area contributed by atoms with Gasteiger partial charge in [-0.1, -0.05) is 0 Å². The first-order valence-electron chi connectivity index (χ1n) is 4.60. The number of nitrogens with zero attached hydrogens (tertiary/aromatic N) is 1. The van der Waals surface area contributed by atoms with Crippen LogP contribution in [0.15, 0.2) is 39.0 Å². The Hall–Kier alpha value is -1.42. The molecule has 0 aliphatic heterocycles. The molecule has 1 heterocycles. The Morgan fingerprint density at radius 3 is 2.67 bits per heavy atom. The summed E-state index contributed by atoms with van der Waals surface area (Å²) in [5.74, 6) is 0. The Balaban J connectivity index is 2.24. The Bertz CT molecular complexity index is 459. The molecule has 15 heavy (non-hydrogen) atoms. The second-order valence-corrected chi connectivity index (χ2v) is 4.46. The number of aromatic nitrogens is 1. The maximum absolute atomic E-state index is 5.75. The highest BCUT2D eigenvalue weighted by Gasteiger charge is 2.04. The molecule has 0 aliphatic rings. The monoisotopic (exact) mass is 220 g/mol. The summed E-state index contributed by atoms with van der Waals surface area (Å²) < 4.78 is 5.26. The molecule has 0 saturated heterocycles. The minimum Gasteiger partial charge on any atom is -0.439 e. The average molecular weight is 220 g/mol. The number of hydrogen-bond donors (Lipinski definition) is 1. The molecule has 2 N–H and O–H groups in total. The highest BCUT2D eigenvalue weighted by atomic mass is 32.2. The molecule has 0 spiro atoms. The zero-order valence-corrected chi connectivity index (χ0v) is 9.47. The smallest absolute Gasteiger partial charge is 0.260 e. The molecular formula is C11H12N2OS. The Morgan fingerprint density at radius 1 is 1.27 bits per heavy atom. The predicted molar refractivity (Wildman–Crippen MR) is 61.0 cm³/mol. The van der Waals surface area contributed by atoms with Crippen LogP contribution in [0.5, 0.6) is 0 Å². The summed E-state index contributed by atoms with van der Waals surface area (Å²) in [4.78, 5) is 5.27. The van der Waals surface area contributed by atoms with Crippen molar-refractivity contribution < 1.29 is 4.42 Å². The van der Waals surface area contributed by atoms with E-state index in [1.54, 1.807) is 6.26 Å². The fourth-order valence-corrected chi connectivity index (χ4v) is 2.24. The Labute approximate surface area is 92.7 Å². The maximum Gasteiger partial charge on any atom is 0.260 e. The second kappa shape index (κ2) is 3.98.